The minimum Gasteiger partial charge on any atom is -0.313 e. The second-order valence-corrected chi connectivity index (χ2v) is 5.77. The molecule has 1 fully saturated rings. The van der Waals surface area contributed by atoms with Gasteiger partial charge in [-0.15, -0.1) is 0 Å². The number of piperidine rings is 1. The van der Waals surface area contributed by atoms with Crippen LogP contribution in [0.25, 0.3) is 0 Å². The standard InChI is InChI=1S/C17H28N2/c1-16-7-9-17(10-8-16)15-18-11-3-6-14-19-12-4-2-5-13-19/h7-10,18H,2-6,11-15H2,1H3. The number of unbranched alkanes of at least 4 members (excludes halogenated alkanes) is 1. The lowest BCUT2D eigenvalue weighted by Gasteiger charge is -2.26. The molecule has 0 aromatic heterocycles. The summed E-state index contributed by atoms with van der Waals surface area (Å²) in [6.07, 6.45) is 6.88. The quantitative estimate of drug-likeness (QED) is 0.756. The van der Waals surface area contributed by atoms with Crippen molar-refractivity contribution in [3.8, 4) is 0 Å². The topological polar surface area (TPSA) is 15.3 Å². The van der Waals surface area contributed by atoms with Crippen LogP contribution >= 0.6 is 0 Å². The summed E-state index contributed by atoms with van der Waals surface area (Å²) in [5.41, 5.74) is 2.73. The first-order chi connectivity index (χ1) is 9.34. The molecule has 0 unspecified atom stereocenters. The van der Waals surface area contributed by atoms with E-state index in [1.54, 1.807) is 0 Å². The summed E-state index contributed by atoms with van der Waals surface area (Å²) in [5.74, 6) is 0. The minimum atomic E-state index is 1.00. The summed E-state index contributed by atoms with van der Waals surface area (Å²) in [5, 5.41) is 3.54. The maximum absolute atomic E-state index is 3.54. The van der Waals surface area contributed by atoms with Crippen molar-refractivity contribution >= 4 is 0 Å². The van der Waals surface area contributed by atoms with Gasteiger partial charge in [0.15, 0.2) is 0 Å². The summed E-state index contributed by atoms with van der Waals surface area (Å²) < 4.78 is 0. The lowest BCUT2D eigenvalue weighted by atomic mass is 10.1. The molecule has 0 atom stereocenters. The third-order valence-electron chi connectivity index (χ3n) is 3.98. The molecule has 1 aromatic rings. The third kappa shape index (κ3) is 5.75. The second kappa shape index (κ2) is 8.34. The zero-order chi connectivity index (χ0) is 13.3. The second-order valence-electron chi connectivity index (χ2n) is 5.77. The van der Waals surface area contributed by atoms with Gasteiger partial charge in [-0.1, -0.05) is 36.2 Å². The molecule has 0 saturated carbocycles. The molecule has 1 aliphatic rings. The predicted octanol–water partition coefficient (Wildman–Crippen LogP) is 3.35. The highest BCUT2D eigenvalue weighted by atomic mass is 15.1. The van der Waals surface area contributed by atoms with Crippen LogP contribution in [-0.4, -0.2) is 31.1 Å². The van der Waals surface area contributed by atoms with Crippen LogP contribution in [0.2, 0.25) is 0 Å². The van der Waals surface area contributed by atoms with E-state index in [9.17, 15) is 0 Å². The van der Waals surface area contributed by atoms with Crippen molar-refractivity contribution < 1.29 is 0 Å². The lowest BCUT2D eigenvalue weighted by Crippen LogP contribution is -2.30. The van der Waals surface area contributed by atoms with Crippen molar-refractivity contribution in [1.29, 1.82) is 0 Å². The Morgan fingerprint density at radius 2 is 1.74 bits per heavy atom. The summed E-state index contributed by atoms with van der Waals surface area (Å²) >= 11 is 0. The van der Waals surface area contributed by atoms with Gasteiger partial charge in [0.25, 0.3) is 0 Å². The Labute approximate surface area is 118 Å². The molecule has 1 heterocycles. The van der Waals surface area contributed by atoms with E-state index in [2.05, 4.69) is 41.4 Å². The molecular formula is C17H28N2. The van der Waals surface area contributed by atoms with E-state index in [0.717, 1.165) is 13.1 Å². The van der Waals surface area contributed by atoms with E-state index in [1.165, 1.54) is 62.9 Å². The molecule has 2 heteroatoms. The molecule has 0 spiro atoms. The molecule has 106 valence electrons. The first-order valence-electron chi connectivity index (χ1n) is 7.83. The van der Waals surface area contributed by atoms with Crippen molar-refractivity contribution in [2.24, 2.45) is 0 Å². The Kier molecular flexibility index (Phi) is 6.38. The Bertz CT molecular complexity index is 339. The van der Waals surface area contributed by atoms with Crippen LogP contribution < -0.4 is 5.32 Å². The largest absolute Gasteiger partial charge is 0.313 e. The van der Waals surface area contributed by atoms with Gasteiger partial charge in [-0.25, -0.2) is 0 Å². The van der Waals surface area contributed by atoms with Gasteiger partial charge in [-0.05, 0) is 64.3 Å². The summed E-state index contributed by atoms with van der Waals surface area (Å²) in [6.45, 7) is 8.24. The number of nitrogens with zero attached hydrogens (tertiary/aromatic N) is 1. The van der Waals surface area contributed by atoms with Crippen LogP contribution in [0.5, 0.6) is 0 Å². The first-order valence-corrected chi connectivity index (χ1v) is 7.83. The number of hydrogen-bond acceptors (Lipinski definition) is 2. The molecule has 2 nitrogen and oxygen atoms in total. The molecule has 1 N–H and O–H groups in total. The van der Waals surface area contributed by atoms with Gasteiger partial charge >= 0.3 is 0 Å². The smallest absolute Gasteiger partial charge is 0.0205 e. The number of likely N-dealkylation sites (tertiary alicyclic amines) is 1. The van der Waals surface area contributed by atoms with Crippen LogP contribution in [0.15, 0.2) is 24.3 Å². The first kappa shape index (κ1) is 14.5. The van der Waals surface area contributed by atoms with Crippen molar-refractivity contribution in [3.05, 3.63) is 35.4 Å². The van der Waals surface area contributed by atoms with E-state index in [0.29, 0.717) is 0 Å². The molecule has 2 rings (SSSR count). The van der Waals surface area contributed by atoms with E-state index >= 15 is 0 Å². The van der Waals surface area contributed by atoms with Gasteiger partial charge in [0, 0.05) is 6.54 Å². The Morgan fingerprint density at radius 1 is 1.00 bits per heavy atom. The predicted molar refractivity (Wildman–Crippen MR) is 82.4 cm³/mol. The molecule has 0 aliphatic carbocycles. The van der Waals surface area contributed by atoms with Crippen molar-refractivity contribution in [2.45, 2.75) is 45.6 Å². The highest BCUT2D eigenvalue weighted by molar-refractivity contribution is 5.20. The lowest BCUT2D eigenvalue weighted by molar-refractivity contribution is 0.224. The van der Waals surface area contributed by atoms with Crippen molar-refractivity contribution in [2.75, 3.05) is 26.2 Å². The molecule has 1 aliphatic heterocycles. The van der Waals surface area contributed by atoms with Gasteiger partial charge < -0.3 is 10.2 Å². The number of nitrogens with one attached hydrogen (secondary N) is 1. The normalized spacial score (nSPS) is 16.7. The Morgan fingerprint density at radius 3 is 2.47 bits per heavy atom. The zero-order valence-corrected chi connectivity index (χ0v) is 12.3. The van der Waals surface area contributed by atoms with Gasteiger partial charge in [-0.3, -0.25) is 0 Å². The third-order valence-corrected chi connectivity index (χ3v) is 3.98. The Balaban J connectivity index is 1.49. The van der Waals surface area contributed by atoms with Crippen LogP contribution in [0.1, 0.15) is 43.2 Å². The van der Waals surface area contributed by atoms with Crippen LogP contribution in [0, 0.1) is 6.92 Å². The number of hydrogen-bond donors (Lipinski definition) is 1. The number of rotatable bonds is 7. The van der Waals surface area contributed by atoms with E-state index < -0.39 is 0 Å². The molecule has 0 radical (unpaired) electrons. The van der Waals surface area contributed by atoms with Gasteiger partial charge in [0.1, 0.15) is 0 Å². The van der Waals surface area contributed by atoms with Crippen molar-refractivity contribution in [1.82, 2.24) is 10.2 Å². The van der Waals surface area contributed by atoms with Crippen LogP contribution in [0.3, 0.4) is 0 Å². The Hall–Kier alpha value is -0.860. The number of benzene rings is 1. The summed E-state index contributed by atoms with van der Waals surface area (Å²) in [4.78, 5) is 2.63. The molecular weight excluding hydrogens is 232 g/mol. The molecule has 1 aromatic carbocycles. The molecule has 19 heavy (non-hydrogen) atoms. The zero-order valence-electron chi connectivity index (χ0n) is 12.3. The van der Waals surface area contributed by atoms with E-state index in [4.69, 9.17) is 0 Å². The average Bonchev–Trinajstić information content (AvgIpc) is 2.46. The maximum atomic E-state index is 3.54. The maximum Gasteiger partial charge on any atom is 0.0205 e. The summed E-state index contributed by atoms with van der Waals surface area (Å²) in [6, 6.07) is 8.81. The molecule has 0 amide bonds. The highest BCUT2D eigenvalue weighted by Gasteiger charge is 2.08. The molecule has 1 saturated heterocycles. The van der Waals surface area contributed by atoms with Crippen molar-refractivity contribution in [3.63, 3.8) is 0 Å². The fraction of sp³-hybridized carbons (Fsp3) is 0.647. The SMILES string of the molecule is Cc1ccc(CNCCCCN2CCCCC2)cc1. The van der Waals surface area contributed by atoms with Crippen LogP contribution in [-0.2, 0) is 6.54 Å². The fourth-order valence-corrected chi connectivity index (χ4v) is 2.71. The fourth-order valence-electron chi connectivity index (χ4n) is 2.71. The monoisotopic (exact) mass is 260 g/mol. The van der Waals surface area contributed by atoms with Gasteiger partial charge in [-0.2, -0.15) is 0 Å². The highest BCUT2D eigenvalue weighted by Crippen LogP contribution is 2.09. The average molecular weight is 260 g/mol. The van der Waals surface area contributed by atoms with Gasteiger partial charge in [0.2, 0.25) is 0 Å². The van der Waals surface area contributed by atoms with Crippen LogP contribution in [0.4, 0.5) is 0 Å². The van der Waals surface area contributed by atoms with E-state index in [1.807, 2.05) is 0 Å². The number of aryl methyl sites for hydroxylation is 1. The molecule has 0 bridgehead atoms. The minimum absolute atomic E-state index is 1.00. The van der Waals surface area contributed by atoms with E-state index in [-0.39, 0.29) is 0 Å². The summed E-state index contributed by atoms with van der Waals surface area (Å²) in [7, 11) is 0. The van der Waals surface area contributed by atoms with Gasteiger partial charge in [0.05, 0.1) is 0 Å².